The first-order valence-corrected chi connectivity index (χ1v) is 6.88. The summed E-state index contributed by atoms with van der Waals surface area (Å²) in [6.45, 7) is 0. The van der Waals surface area contributed by atoms with Crippen LogP contribution in [0.5, 0.6) is 11.5 Å². The Kier molecular flexibility index (Phi) is 3.25. The molecule has 0 atom stereocenters. The number of hydrogen-bond acceptors (Lipinski definition) is 3. The molecule has 19 heavy (non-hydrogen) atoms. The van der Waals surface area contributed by atoms with Crippen molar-refractivity contribution in [3.63, 3.8) is 0 Å². The van der Waals surface area contributed by atoms with Crippen molar-refractivity contribution in [2.75, 3.05) is 5.73 Å². The molecule has 2 N–H and O–H groups in total. The van der Waals surface area contributed by atoms with E-state index in [0.717, 1.165) is 31.7 Å². The second kappa shape index (κ2) is 5.05. The number of pyridine rings is 1. The summed E-state index contributed by atoms with van der Waals surface area (Å²) in [5.74, 6) is 1.51. The van der Waals surface area contributed by atoms with E-state index in [-0.39, 0.29) is 0 Å². The lowest BCUT2D eigenvalue weighted by Crippen LogP contribution is -1.91. The molecule has 0 aliphatic heterocycles. The quantitative estimate of drug-likeness (QED) is 0.549. The van der Waals surface area contributed by atoms with Gasteiger partial charge in [0.15, 0.2) is 0 Å². The van der Waals surface area contributed by atoms with Crippen LogP contribution >= 0.6 is 22.6 Å². The van der Waals surface area contributed by atoms with Crippen LogP contribution in [0.4, 0.5) is 5.69 Å². The van der Waals surface area contributed by atoms with E-state index in [1.807, 2.05) is 48.5 Å². The molecule has 0 aliphatic rings. The van der Waals surface area contributed by atoms with Crippen molar-refractivity contribution in [3.05, 3.63) is 58.3 Å². The average molecular weight is 362 g/mol. The summed E-state index contributed by atoms with van der Waals surface area (Å²) >= 11 is 2.21. The number of hydrogen-bond donors (Lipinski definition) is 1. The molecule has 1 aromatic heterocycles. The van der Waals surface area contributed by atoms with Gasteiger partial charge < -0.3 is 10.5 Å². The van der Waals surface area contributed by atoms with Gasteiger partial charge in [0, 0.05) is 11.1 Å². The van der Waals surface area contributed by atoms with Crippen LogP contribution in [0.15, 0.2) is 54.7 Å². The van der Waals surface area contributed by atoms with E-state index >= 15 is 0 Å². The number of nitrogens with two attached hydrogens (primary N) is 1. The zero-order valence-corrected chi connectivity index (χ0v) is 12.2. The lowest BCUT2D eigenvalue weighted by Gasteiger charge is -2.08. The van der Waals surface area contributed by atoms with Crippen molar-refractivity contribution in [1.29, 1.82) is 0 Å². The smallest absolute Gasteiger partial charge is 0.146 e. The molecule has 0 fully saturated rings. The Morgan fingerprint density at radius 3 is 2.74 bits per heavy atom. The van der Waals surface area contributed by atoms with Gasteiger partial charge in [0.25, 0.3) is 0 Å². The summed E-state index contributed by atoms with van der Waals surface area (Å²) in [7, 11) is 0. The van der Waals surface area contributed by atoms with E-state index in [9.17, 15) is 0 Å². The molecule has 3 nitrogen and oxygen atoms in total. The first-order chi connectivity index (χ1) is 9.22. The fourth-order valence-electron chi connectivity index (χ4n) is 1.83. The molecule has 0 radical (unpaired) electrons. The van der Waals surface area contributed by atoms with Gasteiger partial charge >= 0.3 is 0 Å². The zero-order valence-electron chi connectivity index (χ0n) is 10.0. The third-order valence-electron chi connectivity index (χ3n) is 2.75. The molecule has 0 amide bonds. The largest absolute Gasteiger partial charge is 0.455 e. The van der Waals surface area contributed by atoms with Crippen molar-refractivity contribution in [1.82, 2.24) is 4.98 Å². The molecule has 0 bridgehead atoms. The molecular weight excluding hydrogens is 351 g/mol. The number of halogens is 1. The number of nitrogens with zero attached hydrogens (tertiary/aromatic N) is 1. The van der Waals surface area contributed by atoms with E-state index in [0.29, 0.717) is 0 Å². The predicted molar refractivity (Wildman–Crippen MR) is 85.4 cm³/mol. The van der Waals surface area contributed by atoms with Crippen molar-refractivity contribution in [2.24, 2.45) is 0 Å². The van der Waals surface area contributed by atoms with Crippen molar-refractivity contribution in [2.45, 2.75) is 0 Å². The summed E-state index contributed by atoms with van der Waals surface area (Å²) in [6, 6.07) is 15.5. The molecule has 0 aliphatic carbocycles. The monoisotopic (exact) mass is 362 g/mol. The average Bonchev–Trinajstić information content (AvgIpc) is 2.42. The maximum Gasteiger partial charge on any atom is 0.146 e. The normalized spacial score (nSPS) is 10.6. The number of ether oxygens (including phenoxy) is 1. The van der Waals surface area contributed by atoms with E-state index in [4.69, 9.17) is 10.5 Å². The van der Waals surface area contributed by atoms with Crippen LogP contribution in [0, 0.1) is 3.57 Å². The van der Waals surface area contributed by atoms with E-state index in [1.54, 1.807) is 6.20 Å². The molecule has 2 aromatic carbocycles. The molecule has 3 aromatic rings. The van der Waals surface area contributed by atoms with Crippen molar-refractivity contribution in [3.8, 4) is 11.5 Å². The Labute approximate surface area is 124 Å². The van der Waals surface area contributed by atoms with Crippen LogP contribution in [0.1, 0.15) is 0 Å². The van der Waals surface area contributed by atoms with Crippen molar-refractivity contribution >= 4 is 39.2 Å². The van der Waals surface area contributed by atoms with Gasteiger partial charge in [-0.25, -0.2) is 0 Å². The molecule has 1 heterocycles. The second-order valence-electron chi connectivity index (χ2n) is 4.16. The minimum Gasteiger partial charge on any atom is -0.455 e. The standard InChI is InChI=1S/C15H11IN2O/c16-13-8-11(17)5-6-15(13)19-12-7-10-3-1-2-4-14(10)18-9-12/h1-9H,17H2. The number of nitrogen functional groups attached to an aromatic ring is 1. The summed E-state index contributed by atoms with van der Waals surface area (Å²) < 4.78 is 6.82. The fourth-order valence-corrected chi connectivity index (χ4v) is 2.48. The van der Waals surface area contributed by atoms with E-state index in [2.05, 4.69) is 27.6 Å². The first kappa shape index (κ1) is 12.2. The number of para-hydroxylation sites is 1. The van der Waals surface area contributed by atoms with Crippen LogP contribution < -0.4 is 10.5 Å². The lowest BCUT2D eigenvalue weighted by molar-refractivity contribution is 0.478. The number of anilines is 1. The molecule has 3 rings (SSSR count). The molecule has 0 unspecified atom stereocenters. The van der Waals surface area contributed by atoms with Crippen LogP contribution in [0.2, 0.25) is 0 Å². The third kappa shape index (κ3) is 2.63. The van der Waals surface area contributed by atoms with Gasteiger partial charge in [-0.3, -0.25) is 4.98 Å². The number of benzene rings is 2. The van der Waals surface area contributed by atoms with Gasteiger partial charge in [-0.05, 0) is 52.9 Å². The Morgan fingerprint density at radius 1 is 1.05 bits per heavy atom. The van der Waals surface area contributed by atoms with Gasteiger partial charge in [0.05, 0.1) is 15.3 Å². The summed E-state index contributed by atoms with van der Waals surface area (Å²) in [6.07, 6.45) is 1.73. The minimum absolute atomic E-state index is 0.724. The third-order valence-corrected chi connectivity index (χ3v) is 3.59. The Bertz CT molecular complexity index is 743. The second-order valence-corrected chi connectivity index (χ2v) is 5.32. The van der Waals surface area contributed by atoms with Gasteiger partial charge in [-0.2, -0.15) is 0 Å². The summed E-state index contributed by atoms with van der Waals surface area (Å²) in [5.41, 5.74) is 7.41. The van der Waals surface area contributed by atoms with Crippen LogP contribution in [0.3, 0.4) is 0 Å². The Hall–Kier alpha value is -1.82. The molecular formula is C15H11IN2O. The van der Waals surface area contributed by atoms with Gasteiger partial charge in [-0.15, -0.1) is 0 Å². The summed E-state index contributed by atoms with van der Waals surface area (Å²) in [5, 5.41) is 1.06. The number of rotatable bonds is 2. The minimum atomic E-state index is 0.724. The number of aromatic nitrogens is 1. The Morgan fingerprint density at radius 2 is 1.89 bits per heavy atom. The SMILES string of the molecule is Nc1ccc(Oc2cnc3ccccc3c2)c(I)c1. The van der Waals surface area contributed by atoms with Gasteiger partial charge in [-0.1, -0.05) is 18.2 Å². The maximum absolute atomic E-state index is 5.85. The molecule has 0 saturated heterocycles. The van der Waals surface area contributed by atoms with Gasteiger partial charge in [0.1, 0.15) is 11.5 Å². The zero-order chi connectivity index (χ0) is 13.2. The predicted octanol–water partition coefficient (Wildman–Crippen LogP) is 4.21. The highest BCUT2D eigenvalue weighted by atomic mass is 127. The Balaban J connectivity index is 1.96. The van der Waals surface area contributed by atoms with Crippen molar-refractivity contribution < 1.29 is 4.74 Å². The van der Waals surface area contributed by atoms with Crippen LogP contribution in [0.25, 0.3) is 10.9 Å². The topological polar surface area (TPSA) is 48.1 Å². The molecule has 0 spiro atoms. The highest BCUT2D eigenvalue weighted by Crippen LogP contribution is 2.29. The van der Waals surface area contributed by atoms with Gasteiger partial charge in [0.2, 0.25) is 0 Å². The molecule has 4 heteroatoms. The molecule has 94 valence electrons. The molecule has 0 saturated carbocycles. The maximum atomic E-state index is 5.85. The highest BCUT2D eigenvalue weighted by molar-refractivity contribution is 14.1. The first-order valence-electron chi connectivity index (χ1n) is 5.80. The summed E-state index contributed by atoms with van der Waals surface area (Å²) in [4.78, 5) is 4.37. The highest BCUT2D eigenvalue weighted by Gasteiger charge is 2.04. The van der Waals surface area contributed by atoms with E-state index in [1.165, 1.54) is 0 Å². The van der Waals surface area contributed by atoms with Crippen LogP contribution in [-0.4, -0.2) is 4.98 Å². The number of fused-ring (bicyclic) bond motifs is 1. The fraction of sp³-hybridized carbons (Fsp3) is 0. The van der Waals surface area contributed by atoms with Crippen LogP contribution in [-0.2, 0) is 0 Å². The van der Waals surface area contributed by atoms with E-state index < -0.39 is 0 Å². The lowest BCUT2D eigenvalue weighted by atomic mass is 10.2.